The molecule has 1 aromatic rings. The molecule has 19 heavy (non-hydrogen) atoms. The molecule has 0 saturated heterocycles. The summed E-state index contributed by atoms with van der Waals surface area (Å²) < 4.78 is 74.0. The van der Waals surface area contributed by atoms with Crippen molar-refractivity contribution < 1.29 is 26.0 Å². The van der Waals surface area contributed by atoms with Gasteiger partial charge in [0.2, 0.25) is 10.0 Å². The molecule has 0 aromatic heterocycles. The molecule has 0 amide bonds. The Balaban J connectivity index is 2.66. The van der Waals surface area contributed by atoms with Crippen molar-refractivity contribution in [3.63, 3.8) is 0 Å². The van der Waals surface area contributed by atoms with E-state index in [0.717, 1.165) is 18.2 Å². The lowest BCUT2D eigenvalue weighted by molar-refractivity contribution is -0.135. The van der Waals surface area contributed by atoms with E-state index in [1.165, 1.54) is 0 Å². The van der Waals surface area contributed by atoms with Crippen LogP contribution in [0.15, 0.2) is 27.6 Å². The fourth-order valence-corrected chi connectivity index (χ4v) is 3.39. The maximum Gasteiger partial charge on any atom is 0.389 e. The van der Waals surface area contributed by atoms with Crippen LogP contribution in [0.2, 0.25) is 0 Å². The Morgan fingerprint density at radius 2 is 1.89 bits per heavy atom. The second kappa shape index (κ2) is 6.19. The number of nitrogens with one attached hydrogen (secondary N) is 1. The fourth-order valence-electron chi connectivity index (χ4n) is 1.27. The van der Waals surface area contributed by atoms with Crippen LogP contribution in [0.5, 0.6) is 0 Å². The van der Waals surface area contributed by atoms with Crippen LogP contribution in [0.4, 0.5) is 17.6 Å². The highest BCUT2D eigenvalue weighted by atomic mass is 79.9. The summed E-state index contributed by atoms with van der Waals surface area (Å²) in [5.74, 6) is -0.622. The quantitative estimate of drug-likeness (QED) is 0.644. The zero-order valence-corrected chi connectivity index (χ0v) is 11.9. The predicted molar refractivity (Wildman–Crippen MR) is 64.6 cm³/mol. The number of rotatable bonds is 5. The minimum Gasteiger partial charge on any atom is -0.211 e. The van der Waals surface area contributed by atoms with E-state index in [-0.39, 0.29) is 22.3 Å². The molecule has 0 bridgehead atoms. The van der Waals surface area contributed by atoms with Gasteiger partial charge < -0.3 is 0 Å². The van der Waals surface area contributed by atoms with Crippen LogP contribution < -0.4 is 4.72 Å². The number of alkyl halides is 3. The van der Waals surface area contributed by atoms with Crippen molar-refractivity contribution in [3.05, 3.63) is 28.5 Å². The van der Waals surface area contributed by atoms with Crippen LogP contribution in [0.25, 0.3) is 0 Å². The molecule has 108 valence electrons. The smallest absolute Gasteiger partial charge is 0.211 e. The Morgan fingerprint density at radius 3 is 2.42 bits per heavy atom. The average Bonchev–Trinajstić information content (AvgIpc) is 2.22. The van der Waals surface area contributed by atoms with Gasteiger partial charge in [-0.25, -0.2) is 17.5 Å². The first-order valence-corrected chi connectivity index (χ1v) is 7.41. The maximum atomic E-state index is 12.8. The minimum absolute atomic E-state index is 0.0100. The fraction of sp³-hybridized carbons (Fsp3) is 0.400. The van der Waals surface area contributed by atoms with Gasteiger partial charge in [-0.05, 0) is 40.5 Å². The first kappa shape index (κ1) is 16.4. The van der Waals surface area contributed by atoms with Gasteiger partial charge in [-0.15, -0.1) is 0 Å². The molecule has 9 heteroatoms. The third kappa shape index (κ3) is 5.45. The Morgan fingerprint density at radius 1 is 1.26 bits per heavy atom. The second-order valence-corrected chi connectivity index (χ2v) is 6.28. The lowest BCUT2D eigenvalue weighted by atomic mass is 10.3. The number of hydrogen-bond acceptors (Lipinski definition) is 2. The molecule has 1 rings (SSSR count). The van der Waals surface area contributed by atoms with E-state index in [9.17, 15) is 26.0 Å². The molecule has 3 nitrogen and oxygen atoms in total. The molecule has 0 aliphatic rings. The third-order valence-electron chi connectivity index (χ3n) is 2.11. The molecule has 0 unspecified atom stereocenters. The topological polar surface area (TPSA) is 46.2 Å². The van der Waals surface area contributed by atoms with Crippen molar-refractivity contribution in [1.82, 2.24) is 4.72 Å². The number of sulfonamides is 1. The number of benzene rings is 1. The van der Waals surface area contributed by atoms with Crippen molar-refractivity contribution in [2.24, 2.45) is 0 Å². The van der Waals surface area contributed by atoms with Gasteiger partial charge in [0.25, 0.3) is 0 Å². The summed E-state index contributed by atoms with van der Waals surface area (Å²) in [6, 6.07) is 2.95. The van der Waals surface area contributed by atoms with Crippen LogP contribution in [0, 0.1) is 5.82 Å². The standard InChI is InChI=1S/C10H10BrF4NO2S/c11-8-6-7(12)2-3-9(8)19(17,18)16-5-1-4-10(13,14)15/h2-3,6,16H,1,4-5H2. The van der Waals surface area contributed by atoms with Gasteiger partial charge in [-0.2, -0.15) is 13.2 Å². The van der Waals surface area contributed by atoms with Crippen molar-refractivity contribution in [2.75, 3.05) is 6.54 Å². The number of hydrogen-bond donors (Lipinski definition) is 1. The van der Waals surface area contributed by atoms with E-state index < -0.39 is 28.4 Å². The summed E-state index contributed by atoms with van der Waals surface area (Å²) in [5.41, 5.74) is 0. The summed E-state index contributed by atoms with van der Waals surface area (Å²) in [6.07, 6.45) is -5.75. The summed E-state index contributed by atoms with van der Waals surface area (Å²) in [4.78, 5) is -0.221. The molecule has 1 aromatic carbocycles. The Bertz CT molecular complexity index is 545. The first-order chi connectivity index (χ1) is 8.62. The Hall–Kier alpha value is -0.670. The molecule has 0 radical (unpaired) electrons. The molecule has 0 saturated carbocycles. The highest BCUT2D eigenvalue weighted by Gasteiger charge is 2.26. The monoisotopic (exact) mass is 363 g/mol. The van der Waals surface area contributed by atoms with Crippen LogP contribution in [-0.2, 0) is 10.0 Å². The SMILES string of the molecule is O=S(=O)(NCCCC(F)(F)F)c1ccc(F)cc1Br. The Labute approximate surface area is 116 Å². The summed E-state index contributed by atoms with van der Waals surface area (Å²) in [6.45, 7) is -0.342. The second-order valence-electron chi connectivity index (χ2n) is 3.69. The van der Waals surface area contributed by atoms with Crippen molar-refractivity contribution >= 4 is 26.0 Å². The summed E-state index contributed by atoms with van der Waals surface area (Å²) >= 11 is 2.88. The minimum atomic E-state index is -4.32. The van der Waals surface area contributed by atoms with E-state index in [4.69, 9.17) is 0 Å². The van der Waals surface area contributed by atoms with E-state index >= 15 is 0 Å². The highest BCUT2D eigenvalue weighted by Crippen LogP contribution is 2.23. The highest BCUT2D eigenvalue weighted by molar-refractivity contribution is 9.10. The summed E-state index contributed by atoms with van der Waals surface area (Å²) in [5, 5.41) is 0. The van der Waals surface area contributed by atoms with Gasteiger partial charge in [0.1, 0.15) is 5.82 Å². The van der Waals surface area contributed by atoms with Crippen LogP contribution in [0.3, 0.4) is 0 Å². The first-order valence-electron chi connectivity index (χ1n) is 5.13. The zero-order valence-electron chi connectivity index (χ0n) is 9.47. The van der Waals surface area contributed by atoms with Gasteiger partial charge in [0.15, 0.2) is 0 Å². The van der Waals surface area contributed by atoms with E-state index in [1.54, 1.807) is 0 Å². The van der Waals surface area contributed by atoms with Gasteiger partial charge >= 0.3 is 6.18 Å². The van der Waals surface area contributed by atoms with E-state index in [2.05, 4.69) is 15.9 Å². The lowest BCUT2D eigenvalue weighted by Gasteiger charge is -2.09. The average molecular weight is 364 g/mol. The van der Waals surface area contributed by atoms with Crippen LogP contribution in [-0.4, -0.2) is 21.1 Å². The van der Waals surface area contributed by atoms with E-state index in [0.29, 0.717) is 0 Å². The van der Waals surface area contributed by atoms with Gasteiger partial charge in [0.05, 0.1) is 4.90 Å². The lowest BCUT2D eigenvalue weighted by Crippen LogP contribution is -2.26. The molecular formula is C10H10BrF4NO2S. The number of halogens is 5. The molecule has 0 aliphatic heterocycles. The predicted octanol–water partition coefficient (Wildman–Crippen LogP) is 3.21. The van der Waals surface area contributed by atoms with Crippen molar-refractivity contribution in [1.29, 1.82) is 0 Å². The maximum absolute atomic E-state index is 12.8. The molecule has 0 heterocycles. The van der Waals surface area contributed by atoms with Crippen molar-refractivity contribution in [2.45, 2.75) is 23.9 Å². The molecule has 0 fully saturated rings. The normalized spacial score (nSPS) is 12.7. The van der Waals surface area contributed by atoms with Gasteiger partial charge in [0, 0.05) is 17.4 Å². The zero-order chi connectivity index (χ0) is 14.7. The molecule has 0 atom stereocenters. The van der Waals surface area contributed by atoms with Crippen molar-refractivity contribution in [3.8, 4) is 0 Å². The molecule has 0 aliphatic carbocycles. The molecular weight excluding hydrogens is 354 g/mol. The van der Waals surface area contributed by atoms with E-state index in [1.807, 2.05) is 4.72 Å². The largest absolute Gasteiger partial charge is 0.389 e. The van der Waals surface area contributed by atoms with Gasteiger partial charge in [-0.3, -0.25) is 0 Å². The summed E-state index contributed by atoms with van der Waals surface area (Å²) in [7, 11) is -3.96. The Kier molecular flexibility index (Phi) is 5.34. The molecule has 1 N–H and O–H groups in total. The van der Waals surface area contributed by atoms with Crippen LogP contribution >= 0.6 is 15.9 Å². The third-order valence-corrected chi connectivity index (χ3v) is 4.55. The van der Waals surface area contributed by atoms with Crippen LogP contribution in [0.1, 0.15) is 12.8 Å². The van der Waals surface area contributed by atoms with Gasteiger partial charge in [-0.1, -0.05) is 0 Å². The molecule has 0 spiro atoms.